The molecule has 0 spiro atoms. The monoisotopic (exact) mass is 687 g/mol. The smallest absolute Gasteiger partial charge is 0.338 e. The van der Waals surface area contributed by atoms with Gasteiger partial charge in [0.2, 0.25) is 0 Å². The molecule has 0 N–H and O–H groups in total. The van der Waals surface area contributed by atoms with Crippen LogP contribution in [0.15, 0.2) is 82.1 Å². The second kappa shape index (κ2) is 14.5. The summed E-state index contributed by atoms with van der Waals surface area (Å²) < 4.78 is 24.5. The van der Waals surface area contributed by atoms with E-state index in [1.54, 1.807) is 54.3 Å². The van der Waals surface area contributed by atoms with Gasteiger partial charge in [0.05, 0.1) is 36.6 Å². The van der Waals surface area contributed by atoms with Gasteiger partial charge in [-0.3, -0.25) is 14.2 Å². The number of hydrogen-bond donors (Lipinski definition) is 0. The molecule has 10 nitrogen and oxygen atoms in total. The second-order valence-corrected chi connectivity index (χ2v) is 12.6. The number of rotatable bonds is 10. The number of fused-ring (bicyclic) bond motifs is 1. The van der Waals surface area contributed by atoms with Gasteiger partial charge in [0, 0.05) is 29.2 Å². The van der Waals surface area contributed by atoms with E-state index >= 15 is 0 Å². The normalized spacial score (nSPS) is 16.0. The van der Waals surface area contributed by atoms with Crippen molar-refractivity contribution < 1.29 is 28.5 Å². The predicted molar refractivity (Wildman–Crippen MR) is 183 cm³/mol. The molecule has 0 saturated carbocycles. The van der Waals surface area contributed by atoms with E-state index < -0.39 is 12.0 Å². The molecule has 12 heteroatoms. The minimum Gasteiger partial charge on any atom is -0.496 e. The number of amides is 1. The highest BCUT2D eigenvalue weighted by atomic mass is 35.5. The van der Waals surface area contributed by atoms with Crippen LogP contribution in [0.4, 0.5) is 0 Å². The van der Waals surface area contributed by atoms with E-state index in [2.05, 4.69) is 0 Å². The first-order valence-corrected chi connectivity index (χ1v) is 16.7. The summed E-state index contributed by atoms with van der Waals surface area (Å²) in [5, 5.41) is 0.408. The molecule has 1 fully saturated rings. The fraction of sp³-hybridized carbons (Fsp3) is 0.278. The lowest BCUT2D eigenvalue weighted by Crippen LogP contribution is -2.40. The second-order valence-electron chi connectivity index (χ2n) is 11.1. The summed E-state index contributed by atoms with van der Waals surface area (Å²) in [6.45, 7) is 3.25. The predicted octanol–water partition coefficient (Wildman–Crippen LogP) is 4.61. The first-order valence-electron chi connectivity index (χ1n) is 15.5. The van der Waals surface area contributed by atoms with E-state index in [0.29, 0.717) is 54.0 Å². The number of hydrogen-bond acceptors (Lipinski definition) is 9. The van der Waals surface area contributed by atoms with Gasteiger partial charge >= 0.3 is 5.97 Å². The summed E-state index contributed by atoms with van der Waals surface area (Å²) in [5.74, 6) is 0.609. The van der Waals surface area contributed by atoms with E-state index in [1.165, 1.54) is 30.1 Å². The lowest BCUT2D eigenvalue weighted by molar-refractivity contribution is -0.139. The molecule has 0 unspecified atom stereocenters. The van der Waals surface area contributed by atoms with E-state index in [1.807, 2.05) is 30.3 Å². The summed E-state index contributed by atoms with van der Waals surface area (Å²) >= 11 is 7.67. The minimum atomic E-state index is -0.954. The lowest BCUT2D eigenvalue weighted by Gasteiger charge is -2.27. The number of carbonyl (C=O) groups excluding carboxylic acids is 2. The quantitative estimate of drug-likeness (QED) is 0.224. The Morgan fingerprint density at radius 2 is 1.71 bits per heavy atom. The molecule has 48 heavy (non-hydrogen) atoms. The van der Waals surface area contributed by atoms with Crippen molar-refractivity contribution in [2.24, 2.45) is 4.99 Å². The molecular formula is C36H34ClN3O7S. The molecule has 1 saturated heterocycles. The van der Waals surface area contributed by atoms with Crippen molar-refractivity contribution in [3.63, 3.8) is 0 Å². The molecule has 0 aliphatic carbocycles. The van der Waals surface area contributed by atoms with Crippen LogP contribution < -0.4 is 29.1 Å². The molecule has 2 aliphatic rings. The molecule has 1 atom stereocenters. The van der Waals surface area contributed by atoms with Gasteiger partial charge in [0.25, 0.3) is 11.5 Å². The molecule has 248 valence electrons. The van der Waals surface area contributed by atoms with Gasteiger partial charge in [-0.05, 0) is 61.7 Å². The number of methoxy groups -OCH3 is 2. The van der Waals surface area contributed by atoms with Crippen molar-refractivity contribution in [2.75, 3.05) is 40.5 Å². The number of ether oxygens (including phenoxy) is 4. The number of nitrogens with zero attached hydrogens (tertiary/aromatic N) is 3. The fourth-order valence-electron chi connectivity index (χ4n) is 5.90. The van der Waals surface area contributed by atoms with Crippen molar-refractivity contribution in [1.82, 2.24) is 9.47 Å². The molecule has 6 rings (SSSR count). The summed E-state index contributed by atoms with van der Waals surface area (Å²) in [7, 11) is 3.04. The fourth-order valence-corrected chi connectivity index (χ4v) is 7.08. The van der Waals surface area contributed by atoms with Crippen LogP contribution in [0.1, 0.15) is 42.5 Å². The number of halogens is 1. The molecule has 1 amide bonds. The number of aromatic nitrogens is 1. The highest BCUT2D eigenvalue weighted by molar-refractivity contribution is 7.07. The summed E-state index contributed by atoms with van der Waals surface area (Å²) in [6.07, 6.45) is 3.73. The zero-order chi connectivity index (χ0) is 33.8. The summed E-state index contributed by atoms with van der Waals surface area (Å²) in [5.41, 5.74) is 2.08. The zero-order valence-electron chi connectivity index (χ0n) is 26.7. The molecule has 4 aromatic rings. The van der Waals surface area contributed by atoms with Gasteiger partial charge in [0.15, 0.2) is 22.9 Å². The summed E-state index contributed by atoms with van der Waals surface area (Å²) in [6, 6.07) is 18.7. The Kier molecular flexibility index (Phi) is 9.98. The van der Waals surface area contributed by atoms with E-state index in [0.717, 1.165) is 25.9 Å². The minimum absolute atomic E-state index is 0.0670. The van der Waals surface area contributed by atoms with Gasteiger partial charge in [-0.1, -0.05) is 59.3 Å². The zero-order valence-corrected chi connectivity index (χ0v) is 28.3. The lowest BCUT2D eigenvalue weighted by atomic mass is 9.92. The van der Waals surface area contributed by atoms with Crippen molar-refractivity contribution in [3.05, 3.63) is 114 Å². The van der Waals surface area contributed by atoms with E-state index in [4.69, 9.17) is 35.5 Å². The third-order valence-corrected chi connectivity index (χ3v) is 9.37. The van der Waals surface area contributed by atoms with Gasteiger partial charge in [0.1, 0.15) is 11.8 Å². The Hall–Kier alpha value is -4.87. The Bertz CT molecular complexity index is 2070. The Morgan fingerprint density at radius 3 is 2.42 bits per heavy atom. The average molecular weight is 688 g/mol. The Balaban J connectivity index is 1.48. The third-order valence-electron chi connectivity index (χ3n) is 8.16. The largest absolute Gasteiger partial charge is 0.496 e. The van der Waals surface area contributed by atoms with Crippen molar-refractivity contribution >= 4 is 46.6 Å². The maximum absolute atomic E-state index is 14.3. The van der Waals surface area contributed by atoms with E-state index in [-0.39, 0.29) is 30.3 Å². The van der Waals surface area contributed by atoms with Crippen LogP contribution in [-0.4, -0.2) is 61.9 Å². The molecule has 0 bridgehead atoms. The molecule has 0 radical (unpaired) electrons. The Labute approximate surface area is 286 Å². The van der Waals surface area contributed by atoms with Crippen molar-refractivity contribution in [1.29, 1.82) is 0 Å². The molecule has 3 aromatic carbocycles. The topological polar surface area (TPSA) is 109 Å². The molecule has 2 aliphatic heterocycles. The van der Waals surface area contributed by atoms with Gasteiger partial charge in [-0.2, -0.15) is 0 Å². The maximum Gasteiger partial charge on any atom is 0.338 e. The SMILES string of the molecule is CCOC(=O)C1=C(c2ccccc2)N=c2s/c(=C\c3ccc(OCC(=O)N4CCCC4)c(OC)c3)c(=O)n2[C@H]1c1cc(Cl)ccc1OC. The van der Waals surface area contributed by atoms with E-state index in [9.17, 15) is 14.4 Å². The average Bonchev–Trinajstić information content (AvgIpc) is 3.75. The maximum atomic E-state index is 14.3. The number of carbonyl (C=O) groups is 2. The van der Waals surface area contributed by atoms with Gasteiger partial charge in [-0.25, -0.2) is 9.79 Å². The Morgan fingerprint density at radius 1 is 0.979 bits per heavy atom. The highest BCUT2D eigenvalue weighted by Gasteiger charge is 2.37. The number of esters is 1. The number of likely N-dealkylation sites (tertiary alicyclic amines) is 1. The first-order chi connectivity index (χ1) is 23.3. The highest BCUT2D eigenvalue weighted by Crippen LogP contribution is 2.40. The van der Waals surface area contributed by atoms with Crippen LogP contribution in [-0.2, 0) is 14.3 Å². The summed E-state index contributed by atoms with van der Waals surface area (Å²) in [4.78, 5) is 47.7. The molecule has 1 aromatic heterocycles. The first kappa shape index (κ1) is 33.0. The van der Waals surface area contributed by atoms with Gasteiger partial charge in [-0.15, -0.1) is 0 Å². The number of thiazole rings is 1. The van der Waals surface area contributed by atoms with Crippen LogP contribution in [0.3, 0.4) is 0 Å². The van der Waals surface area contributed by atoms with Crippen LogP contribution in [0.5, 0.6) is 17.2 Å². The van der Waals surface area contributed by atoms with Crippen LogP contribution in [0.25, 0.3) is 11.8 Å². The van der Waals surface area contributed by atoms with Crippen molar-refractivity contribution in [3.8, 4) is 17.2 Å². The number of benzene rings is 3. The van der Waals surface area contributed by atoms with Crippen LogP contribution >= 0.6 is 22.9 Å². The van der Waals surface area contributed by atoms with Crippen molar-refractivity contribution in [2.45, 2.75) is 25.8 Å². The van der Waals surface area contributed by atoms with Crippen LogP contribution in [0.2, 0.25) is 5.02 Å². The van der Waals surface area contributed by atoms with Gasteiger partial charge < -0.3 is 23.8 Å². The molecular weight excluding hydrogens is 654 g/mol. The third kappa shape index (κ3) is 6.61. The standard InChI is InChI=1S/C36H34ClN3O7S/c1-4-46-35(43)31-32(23-10-6-5-7-11-23)38-36-40(33(31)25-20-24(37)13-15-26(25)44-2)34(42)29(48-36)19-22-12-14-27(28(18-22)45-3)47-21-30(41)39-16-8-9-17-39/h5-7,10-15,18-20,33H,4,8-9,16-17,21H2,1-3H3/b29-19-/t33-/m0/s1. The molecule has 3 heterocycles. The van der Waals surface area contributed by atoms with Crippen LogP contribution in [0, 0.1) is 0 Å².